The molecule has 0 aromatic carbocycles. The van der Waals surface area contributed by atoms with Gasteiger partial charge in [0.05, 0.1) is 6.61 Å². The predicted octanol–water partition coefficient (Wildman–Crippen LogP) is 0.713. The van der Waals surface area contributed by atoms with Crippen LogP contribution in [0.1, 0.15) is 13.8 Å². The van der Waals surface area contributed by atoms with Gasteiger partial charge >= 0.3 is 6.09 Å². The van der Waals surface area contributed by atoms with Crippen LogP contribution in [-0.2, 0) is 9.53 Å². The highest BCUT2D eigenvalue weighted by atomic mass is 16.6. The number of nitrogens with one attached hydrogen (secondary N) is 1. The fourth-order valence-electron chi connectivity index (χ4n) is 2.07. The van der Waals surface area contributed by atoms with Gasteiger partial charge in [0.2, 0.25) is 5.91 Å². The molecule has 2 heterocycles. The van der Waals surface area contributed by atoms with Crippen LogP contribution in [-0.4, -0.2) is 59.9 Å². The monoisotopic (exact) mass is 293 g/mol. The lowest BCUT2D eigenvalue weighted by Gasteiger charge is -2.34. The lowest BCUT2D eigenvalue weighted by Crippen LogP contribution is -2.49. The molecule has 1 fully saturated rings. The Bertz CT molecular complexity index is 497. The van der Waals surface area contributed by atoms with E-state index in [1.54, 1.807) is 24.0 Å². The van der Waals surface area contributed by atoms with Crippen molar-refractivity contribution in [2.24, 2.45) is 0 Å². The fourth-order valence-corrected chi connectivity index (χ4v) is 2.07. The summed E-state index contributed by atoms with van der Waals surface area (Å²) in [6.07, 6.45) is -0.274. The van der Waals surface area contributed by atoms with Crippen molar-refractivity contribution in [3.63, 3.8) is 0 Å². The van der Waals surface area contributed by atoms with E-state index in [1.165, 1.54) is 6.92 Å². The average molecular weight is 293 g/mol. The van der Waals surface area contributed by atoms with E-state index in [-0.39, 0.29) is 12.0 Å². The molecule has 8 nitrogen and oxygen atoms in total. The molecule has 8 heteroatoms. The summed E-state index contributed by atoms with van der Waals surface area (Å²) in [4.78, 5) is 26.2. The second-order valence-electron chi connectivity index (χ2n) is 4.63. The normalized spacial score (nSPS) is 14.8. The van der Waals surface area contributed by atoms with Crippen LogP contribution in [0.4, 0.5) is 16.4 Å². The van der Waals surface area contributed by atoms with Gasteiger partial charge in [-0.1, -0.05) is 0 Å². The average Bonchev–Trinajstić information content (AvgIpc) is 2.48. The number of ether oxygens (including phenoxy) is 1. The Kier molecular flexibility index (Phi) is 4.91. The van der Waals surface area contributed by atoms with Crippen LogP contribution < -0.4 is 10.2 Å². The standard InChI is InChI=1S/C13H19N5O3/c1-3-21-13(20)18-8-6-17(7-9-18)12-5-4-11(15-16-12)14-10(2)19/h4-5H,3,6-9H2,1-2H3,(H,14,15,19). The fraction of sp³-hybridized carbons (Fsp3) is 0.538. The molecular weight excluding hydrogens is 274 g/mol. The smallest absolute Gasteiger partial charge is 0.409 e. The van der Waals surface area contributed by atoms with Crippen LogP contribution in [0.25, 0.3) is 0 Å². The van der Waals surface area contributed by atoms with Crippen LogP contribution >= 0.6 is 0 Å². The Morgan fingerprint density at radius 1 is 1.24 bits per heavy atom. The SMILES string of the molecule is CCOC(=O)N1CCN(c2ccc(NC(C)=O)nn2)CC1. The zero-order valence-corrected chi connectivity index (χ0v) is 12.2. The van der Waals surface area contributed by atoms with Gasteiger partial charge in [-0.15, -0.1) is 10.2 Å². The number of hydrogen-bond acceptors (Lipinski definition) is 6. The number of aromatic nitrogens is 2. The Morgan fingerprint density at radius 3 is 2.48 bits per heavy atom. The van der Waals surface area contributed by atoms with Crippen molar-refractivity contribution in [2.45, 2.75) is 13.8 Å². The molecule has 1 N–H and O–H groups in total. The Hall–Kier alpha value is -2.38. The minimum atomic E-state index is -0.274. The molecule has 0 unspecified atom stereocenters. The molecule has 114 valence electrons. The molecule has 0 radical (unpaired) electrons. The molecule has 1 aromatic heterocycles. The van der Waals surface area contributed by atoms with Gasteiger partial charge in [0, 0.05) is 33.1 Å². The highest BCUT2D eigenvalue weighted by Gasteiger charge is 2.22. The van der Waals surface area contributed by atoms with E-state index in [9.17, 15) is 9.59 Å². The van der Waals surface area contributed by atoms with Gasteiger partial charge in [-0.3, -0.25) is 4.79 Å². The maximum Gasteiger partial charge on any atom is 0.409 e. The summed E-state index contributed by atoms with van der Waals surface area (Å²) in [6, 6.07) is 3.51. The lowest BCUT2D eigenvalue weighted by atomic mass is 10.3. The second-order valence-corrected chi connectivity index (χ2v) is 4.63. The van der Waals surface area contributed by atoms with Gasteiger partial charge in [-0.05, 0) is 19.1 Å². The van der Waals surface area contributed by atoms with E-state index in [2.05, 4.69) is 15.5 Å². The minimum Gasteiger partial charge on any atom is -0.450 e. The first-order valence-corrected chi connectivity index (χ1v) is 6.88. The number of hydrogen-bond donors (Lipinski definition) is 1. The third-order valence-electron chi connectivity index (χ3n) is 3.08. The Balaban J connectivity index is 1.90. The Labute approximate surface area is 123 Å². The van der Waals surface area contributed by atoms with E-state index in [0.717, 1.165) is 5.82 Å². The van der Waals surface area contributed by atoms with Gasteiger partial charge in [0.15, 0.2) is 11.6 Å². The zero-order valence-electron chi connectivity index (χ0n) is 12.2. The number of piperazine rings is 1. The molecule has 2 rings (SSSR count). The highest BCUT2D eigenvalue weighted by Crippen LogP contribution is 2.14. The van der Waals surface area contributed by atoms with Gasteiger partial charge in [-0.2, -0.15) is 0 Å². The zero-order chi connectivity index (χ0) is 15.2. The van der Waals surface area contributed by atoms with E-state index >= 15 is 0 Å². The minimum absolute atomic E-state index is 0.180. The first-order valence-electron chi connectivity index (χ1n) is 6.88. The van der Waals surface area contributed by atoms with Crippen LogP contribution in [0, 0.1) is 0 Å². The quantitative estimate of drug-likeness (QED) is 0.883. The Morgan fingerprint density at radius 2 is 1.95 bits per heavy atom. The first-order chi connectivity index (χ1) is 10.1. The van der Waals surface area contributed by atoms with Gasteiger partial charge in [-0.25, -0.2) is 4.79 Å². The first kappa shape index (κ1) is 15.0. The summed E-state index contributed by atoms with van der Waals surface area (Å²) in [6.45, 7) is 6.13. The van der Waals surface area contributed by atoms with Crippen molar-refractivity contribution in [3.05, 3.63) is 12.1 Å². The maximum absolute atomic E-state index is 11.6. The highest BCUT2D eigenvalue weighted by molar-refractivity contribution is 5.87. The molecular formula is C13H19N5O3. The molecule has 1 aliphatic rings. The van der Waals surface area contributed by atoms with Crippen molar-refractivity contribution in [1.82, 2.24) is 15.1 Å². The number of amides is 2. The molecule has 1 aliphatic heterocycles. The number of nitrogens with zero attached hydrogens (tertiary/aromatic N) is 4. The number of anilines is 2. The van der Waals surface area contributed by atoms with E-state index in [0.29, 0.717) is 38.6 Å². The van der Waals surface area contributed by atoms with E-state index in [4.69, 9.17) is 4.74 Å². The van der Waals surface area contributed by atoms with Crippen LogP contribution in [0.3, 0.4) is 0 Å². The number of rotatable bonds is 3. The summed E-state index contributed by atoms with van der Waals surface area (Å²) >= 11 is 0. The number of carbonyl (C=O) groups is 2. The van der Waals surface area contributed by atoms with E-state index in [1.807, 2.05) is 4.90 Å². The molecule has 1 saturated heterocycles. The van der Waals surface area contributed by atoms with E-state index < -0.39 is 0 Å². The summed E-state index contributed by atoms with van der Waals surface area (Å²) in [5.41, 5.74) is 0. The molecule has 0 spiro atoms. The summed E-state index contributed by atoms with van der Waals surface area (Å²) in [5.74, 6) is 0.976. The molecule has 0 atom stereocenters. The summed E-state index contributed by atoms with van der Waals surface area (Å²) in [5, 5.41) is 10.6. The van der Waals surface area contributed by atoms with Gasteiger partial charge in [0.1, 0.15) is 0 Å². The third kappa shape index (κ3) is 4.04. The van der Waals surface area contributed by atoms with Crippen molar-refractivity contribution >= 4 is 23.6 Å². The number of carbonyl (C=O) groups excluding carboxylic acids is 2. The van der Waals surface area contributed by atoms with Gasteiger partial charge in [0.25, 0.3) is 0 Å². The second kappa shape index (κ2) is 6.87. The largest absolute Gasteiger partial charge is 0.450 e. The molecule has 0 aliphatic carbocycles. The van der Waals surface area contributed by atoms with Crippen LogP contribution in [0.2, 0.25) is 0 Å². The van der Waals surface area contributed by atoms with Crippen LogP contribution in [0.15, 0.2) is 12.1 Å². The van der Waals surface area contributed by atoms with Crippen molar-refractivity contribution in [3.8, 4) is 0 Å². The molecule has 0 saturated carbocycles. The molecule has 2 amide bonds. The topological polar surface area (TPSA) is 87.7 Å². The maximum atomic E-state index is 11.6. The van der Waals surface area contributed by atoms with Crippen LogP contribution in [0.5, 0.6) is 0 Å². The van der Waals surface area contributed by atoms with Crippen molar-refractivity contribution in [2.75, 3.05) is 43.0 Å². The van der Waals surface area contributed by atoms with Crippen molar-refractivity contribution < 1.29 is 14.3 Å². The third-order valence-corrected chi connectivity index (χ3v) is 3.08. The summed E-state index contributed by atoms with van der Waals surface area (Å²) in [7, 11) is 0. The van der Waals surface area contributed by atoms with Gasteiger partial charge < -0.3 is 19.9 Å². The molecule has 1 aromatic rings. The lowest BCUT2D eigenvalue weighted by molar-refractivity contribution is -0.114. The predicted molar refractivity (Wildman–Crippen MR) is 77.1 cm³/mol. The summed E-state index contributed by atoms with van der Waals surface area (Å²) < 4.78 is 4.98. The molecule has 0 bridgehead atoms. The van der Waals surface area contributed by atoms with Crippen molar-refractivity contribution in [1.29, 1.82) is 0 Å². The molecule has 21 heavy (non-hydrogen) atoms.